The zero-order valence-corrected chi connectivity index (χ0v) is 18.6. The second-order valence-electron chi connectivity index (χ2n) is 8.88. The first-order valence-electron chi connectivity index (χ1n) is 9.07. The van der Waals surface area contributed by atoms with Gasteiger partial charge in [0, 0.05) is 6.42 Å². The molecule has 162 valence electrons. The van der Waals surface area contributed by atoms with Crippen LogP contribution in [0.1, 0.15) is 40.5 Å². The van der Waals surface area contributed by atoms with Crippen molar-refractivity contribution in [3.63, 3.8) is 0 Å². The number of terminal acetylenes is 1. The molecule has 0 aliphatic heterocycles. The Morgan fingerprint density at radius 3 is 2.00 bits per heavy atom. The number of rotatable bonds is 12. The lowest BCUT2D eigenvalue weighted by atomic mass is 9.75. The van der Waals surface area contributed by atoms with Crippen LogP contribution in [0.5, 0.6) is 0 Å². The second-order valence-corrected chi connectivity index (χ2v) is 10.5. The van der Waals surface area contributed by atoms with Crippen LogP contribution in [-0.4, -0.2) is 75.5 Å². The zero-order chi connectivity index (χ0) is 22.2. The van der Waals surface area contributed by atoms with E-state index in [0.29, 0.717) is 24.0 Å². The van der Waals surface area contributed by atoms with Gasteiger partial charge in [-0.1, -0.05) is 5.92 Å². The minimum atomic E-state index is -3.97. The zero-order valence-electron chi connectivity index (χ0n) is 17.8. The van der Waals surface area contributed by atoms with E-state index in [1.165, 1.54) is 0 Å². The van der Waals surface area contributed by atoms with Crippen molar-refractivity contribution in [2.45, 2.75) is 40.5 Å². The summed E-state index contributed by atoms with van der Waals surface area (Å²) in [4.78, 5) is 24.6. The lowest BCUT2D eigenvalue weighted by Gasteiger charge is -2.32. The number of hydrogen-bond acceptors (Lipinski definition) is 6. The minimum absolute atomic E-state index is 0.113. The molecule has 0 unspecified atom stereocenters. The summed E-state index contributed by atoms with van der Waals surface area (Å²) < 4.78 is 41.2. The first kappa shape index (κ1) is 26.4. The molecule has 0 aromatic rings. The van der Waals surface area contributed by atoms with Gasteiger partial charge in [0.05, 0.1) is 37.2 Å². The molecule has 0 saturated heterocycles. The van der Waals surface area contributed by atoms with Gasteiger partial charge in [-0.25, -0.2) is 0 Å². The summed E-state index contributed by atoms with van der Waals surface area (Å²) in [7, 11) is -0.209. The third-order valence-electron chi connectivity index (χ3n) is 4.37. The lowest BCUT2D eigenvalue weighted by Crippen LogP contribution is -2.44. The average Bonchev–Trinajstić information content (AvgIpc) is 2.49. The summed E-state index contributed by atoms with van der Waals surface area (Å²) in [5.74, 6) is 1.04. The van der Waals surface area contributed by atoms with E-state index < -0.39 is 32.9 Å². The molecule has 0 aromatic heterocycles. The van der Waals surface area contributed by atoms with Crippen LogP contribution in [-0.2, 0) is 29.2 Å². The van der Waals surface area contributed by atoms with E-state index in [4.69, 9.17) is 20.4 Å². The highest BCUT2D eigenvalue weighted by Gasteiger charge is 2.41. The van der Waals surface area contributed by atoms with E-state index in [2.05, 4.69) is 5.92 Å². The Hall–Kier alpha value is -1.63. The Labute approximate surface area is 168 Å². The van der Waals surface area contributed by atoms with E-state index >= 15 is 0 Å². The van der Waals surface area contributed by atoms with Crippen LogP contribution >= 0.6 is 0 Å². The van der Waals surface area contributed by atoms with Gasteiger partial charge >= 0.3 is 11.9 Å². The fourth-order valence-electron chi connectivity index (χ4n) is 2.92. The molecule has 0 heterocycles. The Balaban J connectivity index is 4.59. The first-order valence-corrected chi connectivity index (χ1v) is 10.7. The maximum Gasteiger partial charge on any atom is 0.312 e. The number of quaternary nitrogens is 1. The molecule has 0 aromatic carbocycles. The Morgan fingerprint density at radius 1 is 1.04 bits per heavy atom. The molecular formula is C19H34NO7S+. The normalized spacial score (nSPS) is 12.9. The molecule has 0 amide bonds. The highest BCUT2D eigenvalue weighted by molar-refractivity contribution is 7.85. The van der Waals surface area contributed by atoms with Crippen molar-refractivity contribution in [3.05, 3.63) is 0 Å². The van der Waals surface area contributed by atoms with E-state index in [0.717, 1.165) is 0 Å². The molecule has 0 fully saturated rings. The monoisotopic (exact) mass is 420 g/mol. The van der Waals surface area contributed by atoms with Crippen molar-refractivity contribution in [2.75, 3.05) is 46.2 Å². The van der Waals surface area contributed by atoms with Gasteiger partial charge in [0.1, 0.15) is 13.2 Å². The predicted molar refractivity (Wildman–Crippen MR) is 106 cm³/mol. The molecule has 0 saturated carbocycles. The van der Waals surface area contributed by atoms with Crippen molar-refractivity contribution < 1.29 is 36.5 Å². The molecule has 0 spiro atoms. The summed E-state index contributed by atoms with van der Waals surface area (Å²) in [5.41, 5.74) is -1.80. The molecule has 0 rings (SSSR count). The number of ether oxygens (including phenoxy) is 2. The number of esters is 2. The minimum Gasteiger partial charge on any atom is -0.459 e. The molecule has 0 aliphatic carbocycles. The molecule has 0 aliphatic rings. The smallest absolute Gasteiger partial charge is 0.312 e. The van der Waals surface area contributed by atoms with Crippen LogP contribution < -0.4 is 0 Å². The van der Waals surface area contributed by atoms with Crippen LogP contribution in [0, 0.1) is 23.2 Å². The van der Waals surface area contributed by atoms with Gasteiger partial charge < -0.3 is 14.0 Å². The summed E-state index contributed by atoms with van der Waals surface area (Å²) in [5, 5.41) is 0. The lowest BCUT2D eigenvalue weighted by molar-refractivity contribution is -0.890. The van der Waals surface area contributed by atoms with Crippen molar-refractivity contribution >= 4 is 22.1 Å². The van der Waals surface area contributed by atoms with Gasteiger partial charge in [0.15, 0.2) is 6.61 Å². The summed E-state index contributed by atoms with van der Waals surface area (Å²) in [6.45, 7) is 7.83. The van der Waals surface area contributed by atoms with Crippen molar-refractivity contribution in [1.29, 1.82) is 0 Å². The summed E-state index contributed by atoms with van der Waals surface area (Å²) in [6.07, 6.45) is 5.63. The average molecular weight is 421 g/mol. The van der Waals surface area contributed by atoms with E-state index in [-0.39, 0.29) is 25.4 Å². The van der Waals surface area contributed by atoms with E-state index in [9.17, 15) is 18.0 Å². The molecule has 28 heavy (non-hydrogen) atoms. The van der Waals surface area contributed by atoms with Crippen molar-refractivity contribution in [1.82, 2.24) is 0 Å². The number of carbonyl (C=O) groups excluding carboxylic acids is 2. The fourth-order valence-corrected chi connectivity index (χ4v) is 3.41. The third-order valence-corrected chi connectivity index (χ3v) is 5.18. The Kier molecular flexibility index (Phi) is 9.64. The van der Waals surface area contributed by atoms with E-state index in [1.54, 1.807) is 27.7 Å². The number of nitrogens with zero attached hydrogens (tertiary/aromatic N) is 1. The molecule has 8 nitrogen and oxygen atoms in total. The highest BCUT2D eigenvalue weighted by Crippen LogP contribution is 2.35. The topological polar surface area (TPSA) is 107 Å². The van der Waals surface area contributed by atoms with Gasteiger partial charge in [-0.05, 0) is 34.1 Å². The number of hydrogen-bond donors (Lipinski definition) is 1. The second kappa shape index (κ2) is 10.2. The van der Waals surface area contributed by atoms with Crippen LogP contribution in [0.3, 0.4) is 0 Å². The maximum atomic E-state index is 12.5. The largest absolute Gasteiger partial charge is 0.459 e. The highest BCUT2D eigenvalue weighted by atomic mass is 32.2. The predicted octanol–water partition coefficient (Wildman–Crippen LogP) is 1.50. The van der Waals surface area contributed by atoms with Gasteiger partial charge in [-0.15, -0.1) is 6.42 Å². The van der Waals surface area contributed by atoms with E-state index in [1.807, 2.05) is 14.1 Å². The SMILES string of the molecule is C#CCOC(=O)C(C)(C)CC(C)(C)C(=O)OCC[N+](C)(C)CCCS(=O)(=O)O. The van der Waals surface area contributed by atoms with Crippen LogP contribution in [0.2, 0.25) is 0 Å². The molecule has 0 radical (unpaired) electrons. The molecular weight excluding hydrogens is 386 g/mol. The van der Waals surface area contributed by atoms with Gasteiger partial charge in [0.25, 0.3) is 10.1 Å². The molecule has 0 bridgehead atoms. The summed E-state index contributed by atoms with van der Waals surface area (Å²) in [6, 6.07) is 0. The number of carbonyl (C=O) groups is 2. The number of likely N-dealkylation sites (N-methyl/N-ethyl adjacent to an activating group) is 1. The maximum absolute atomic E-state index is 12.5. The third kappa shape index (κ3) is 10.6. The van der Waals surface area contributed by atoms with Crippen LogP contribution in [0.15, 0.2) is 0 Å². The summed E-state index contributed by atoms with van der Waals surface area (Å²) >= 11 is 0. The fraction of sp³-hybridized carbons (Fsp3) is 0.789. The Bertz CT molecular complexity index is 688. The van der Waals surface area contributed by atoms with Crippen molar-refractivity contribution in [3.8, 4) is 12.3 Å². The van der Waals surface area contributed by atoms with Gasteiger partial charge in [-0.2, -0.15) is 8.42 Å². The Morgan fingerprint density at radius 2 is 1.54 bits per heavy atom. The molecule has 0 atom stereocenters. The van der Waals surface area contributed by atoms with Crippen LogP contribution in [0.4, 0.5) is 0 Å². The standard InChI is InChI=1S/C19H33NO7S/c1-8-12-26-16(21)18(2,3)15-19(4,5)17(22)27-13-11-20(6,7)10-9-14-28(23,24)25/h1H,9-15H2,2-7H3/p+1. The van der Waals surface area contributed by atoms with Gasteiger partial charge in [0.2, 0.25) is 0 Å². The first-order chi connectivity index (χ1) is 12.5. The van der Waals surface area contributed by atoms with Gasteiger partial charge in [-0.3, -0.25) is 14.1 Å². The quantitative estimate of drug-likeness (QED) is 0.221. The van der Waals surface area contributed by atoms with Crippen molar-refractivity contribution in [2.24, 2.45) is 10.8 Å². The van der Waals surface area contributed by atoms with Crippen LogP contribution in [0.25, 0.3) is 0 Å². The molecule has 9 heteroatoms. The molecule has 1 N–H and O–H groups in total.